The number of hydrogen-bond acceptors (Lipinski definition) is 7. The van der Waals surface area contributed by atoms with Crippen LogP contribution in [0.2, 0.25) is 9.36 Å². The molecule has 33 heavy (non-hydrogen) atoms. The molecule has 0 aliphatic rings. The molecule has 0 spiro atoms. The summed E-state index contributed by atoms with van der Waals surface area (Å²) in [7, 11) is -2.31. The van der Waals surface area contributed by atoms with Crippen LogP contribution in [0.25, 0.3) is 22.1 Å². The van der Waals surface area contributed by atoms with E-state index < -0.39 is 16.1 Å². The number of thiophene rings is 1. The van der Waals surface area contributed by atoms with Gasteiger partial charge in [0.15, 0.2) is 0 Å². The number of benzene rings is 2. The zero-order valence-electron chi connectivity index (χ0n) is 16.8. The van der Waals surface area contributed by atoms with Gasteiger partial charge in [0, 0.05) is 30.1 Å². The van der Waals surface area contributed by atoms with E-state index in [9.17, 15) is 18.0 Å². The number of carbonyl (C=O) groups excluding carboxylic acids is 1. The molecule has 12 heteroatoms. The van der Waals surface area contributed by atoms with Crippen molar-refractivity contribution in [2.75, 3.05) is 17.7 Å². The second-order valence-electron chi connectivity index (χ2n) is 6.75. The van der Waals surface area contributed by atoms with Crippen LogP contribution in [-0.4, -0.2) is 21.5 Å². The van der Waals surface area contributed by atoms with Gasteiger partial charge in [-0.05, 0) is 36.4 Å². The number of nitrogens with one attached hydrogen (secondary N) is 3. The predicted molar refractivity (Wildman–Crippen MR) is 131 cm³/mol. The van der Waals surface area contributed by atoms with E-state index >= 15 is 0 Å². The molecule has 4 rings (SSSR count). The molecule has 0 fully saturated rings. The normalized spacial score (nSPS) is 11.4. The number of fused-ring (bicyclic) bond motifs is 1. The molecule has 2 aromatic heterocycles. The van der Waals surface area contributed by atoms with Crippen molar-refractivity contribution in [2.24, 2.45) is 0 Å². The number of hydrogen-bond donors (Lipinski definition) is 3. The van der Waals surface area contributed by atoms with Gasteiger partial charge < -0.3 is 15.1 Å². The van der Waals surface area contributed by atoms with Crippen molar-refractivity contribution in [1.82, 2.24) is 4.72 Å². The Morgan fingerprint density at radius 2 is 1.76 bits per heavy atom. The zero-order valence-corrected chi connectivity index (χ0v) is 20.0. The highest BCUT2D eigenvalue weighted by molar-refractivity contribution is 7.92. The molecule has 0 saturated carbocycles. The van der Waals surface area contributed by atoms with Crippen LogP contribution in [0.15, 0.2) is 68.2 Å². The molecule has 2 amide bonds. The van der Waals surface area contributed by atoms with Crippen LogP contribution in [0, 0.1) is 0 Å². The number of amides is 2. The van der Waals surface area contributed by atoms with Gasteiger partial charge in [-0.2, -0.15) is 0 Å². The monoisotopic (exact) mass is 523 g/mol. The van der Waals surface area contributed by atoms with Gasteiger partial charge in [-0.25, -0.2) is 17.9 Å². The standard InChI is InChI=1S/C21H15Cl2N3O5S2/c1-24-11-2-5-14-17(9-11)31-10-15(20(14)27)13-4-3-12(8-16(13)22)25-21(28)26-33(29,30)19-7-6-18(23)32-19/h2-10,24H,1H3,(H2,25,26,28). The van der Waals surface area contributed by atoms with E-state index in [2.05, 4.69) is 10.6 Å². The average Bonchev–Trinajstić information content (AvgIpc) is 3.21. The summed E-state index contributed by atoms with van der Waals surface area (Å²) in [5.41, 5.74) is 1.84. The fraction of sp³-hybridized carbons (Fsp3) is 0.0476. The van der Waals surface area contributed by atoms with E-state index in [1.807, 2.05) is 4.72 Å². The first-order valence-corrected chi connectivity index (χ1v) is 12.4. The Bertz CT molecular complexity index is 1550. The molecule has 4 aromatic rings. The fourth-order valence-electron chi connectivity index (χ4n) is 3.05. The molecule has 3 N–H and O–H groups in total. The Balaban J connectivity index is 1.57. The highest BCUT2D eigenvalue weighted by atomic mass is 35.5. The molecule has 0 bridgehead atoms. The van der Waals surface area contributed by atoms with Crippen LogP contribution < -0.4 is 20.8 Å². The maximum Gasteiger partial charge on any atom is 0.333 e. The summed E-state index contributed by atoms with van der Waals surface area (Å²) < 4.78 is 32.2. The molecule has 0 unspecified atom stereocenters. The molecule has 0 atom stereocenters. The molecular weight excluding hydrogens is 509 g/mol. The maximum atomic E-state index is 12.9. The van der Waals surface area contributed by atoms with Gasteiger partial charge in [0.2, 0.25) is 5.43 Å². The van der Waals surface area contributed by atoms with Gasteiger partial charge in [0.1, 0.15) is 16.1 Å². The van der Waals surface area contributed by atoms with Gasteiger partial charge in [-0.3, -0.25) is 4.79 Å². The Morgan fingerprint density at radius 3 is 2.42 bits per heavy atom. The molecule has 170 valence electrons. The van der Waals surface area contributed by atoms with Gasteiger partial charge in [0.25, 0.3) is 10.0 Å². The second-order valence-corrected chi connectivity index (χ2v) is 10.8. The number of carbonyl (C=O) groups is 1. The quantitative estimate of drug-likeness (QED) is 0.323. The minimum absolute atomic E-state index is 0.0964. The number of rotatable bonds is 5. The number of anilines is 2. The van der Waals surface area contributed by atoms with Gasteiger partial charge in [-0.15, -0.1) is 11.3 Å². The van der Waals surface area contributed by atoms with Crippen molar-refractivity contribution in [2.45, 2.75) is 4.21 Å². The predicted octanol–water partition coefficient (Wildman–Crippen LogP) is 5.38. The van der Waals surface area contributed by atoms with E-state index in [-0.39, 0.29) is 30.2 Å². The van der Waals surface area contributed by atoms with Crippen molar-refractivity contribution in [3.05, 3.63) is 74.4 Å². The van der Waals surface area contributed by atoms with Crippen LogP contribution in [0.1, 0.15) is 0 Å². The van der Waals surface area contributed by atoms with Gasteiger partial charge in [-0.1, -0.05) is 29.3 Å². The second kappa shape index (κ2) is 9.06. The molecule has 2 heterocycles. The lowest BCUT2D eigenvalue weighted by molar-refractivity contribution is 0.256. The minimum atomic E-state index is -4.07. The number of sulfonamides is 1. The van der Waals surface area contributed by atoms with Crippen LogP contribution in [0.3, 0.4) is 0 Å². The number of urea groups is 1. The smallest absolute Gasteiger partial charge is 0.333 e. The Morgan fingerprint density at radius 1 is 1.00 bits per heavy atom. The van der Waals surface area contributed by atoms with Crippen LogP contribution in [0.4, 0.5) is 16.2 Å². The van der Waals surface area contributed by atoms with E-state index in [4.69, 9.17) is 27.6 Å². The summed E-state index contributed by atoms with van der Waals surface area (Å²) in [6.07, 6.45) is 1.32. The SMILES string of the molecule is CNc1ccc2c(=O)c(-c3ccc(NC(=O)NS(=O)(=O)c4ccc(Cl)s4)cc3Cl)coc2c1. The largest absolute Gasteiger partial charge is 0.463 e. The fourth-order valence-corrected chi connectivity index (χ4v) is 5.72. The first-order chi connectivity index (χ1) is 15.7. The summed E-state index contributed by atoms with van der Waals surface area (Å²) in [6, 6.07) is 11.3. The Kier molecular flexibility index (Phi) is 6.35. The lowest BCUT2D eigenvalue weighted by atomic mass is 10.0. The molecular formula is C21H15Cl2N3O5S2. The van der Waals surface area contributed by atoms with Gasteiger partial charge in [0.05, 0.1) is 20.3 Å². The number of halogens is 2. The van der Waals surface area contributed by atoms with Crippen molar-refractivity contribution in [1.29, 1.82) is 0 Å². The summed E-state index contributed by atoms with van der Waals surface area (Å²) in [5.74, 6) is 0. The third-order valence-corrected chi connectivity index (χ3v) is 7.99. The van der Waals surface area contributed by atoms with E-state index in [1.54, 1.807) is 25.2 Å². The summed E-state index contributed by atoms with van der Waals surface area (Å²) in [4.78, 5) is 25.1. The molecule has 0 saturated heterocycles. The maximum absolute atomic E-state index is 12.9. The van der Waals surface area contributed by atoms with E-state index in [0.717, 1.165) is 17.0 Å². The van der Waals surface area contributed by atoms with Crippen molar-refractivity contribution >= 4 is 72.9 Å². The van der Waals surface area contributed by atoms with Crippen molar-refractivity contribution in [3.8, 4) is 11.1 Å². The summed E-state index contributed by atoms with van der Waals surface area (Å²) in [5, 5.41) is 5.93. The minimum Gasteiger partial charge on any atom is -0.463 e. The van der Waals surface area contributed by atoms with E-state index in [1.165, 1.54) is 36.6 Å². The lowest BCUT2D eigenvalue weighted by Gasteiger charge is -2.10. The van der Waals surface area contributed by atoms with Crippen LogP contribution >= 0.6 is 34.5 Å². The van der Waals surface area contributed by atoms with Gasteiger partial charge >= 0.3 is 6.03 Å². The summed E-state index contributed by atoms with van der Waals surface area (Å²) >= 11 is 12.9. The Hall–Kier alpha value is -3.05. The third-order valence-electron chi connectivity index (χ3n) is 4.62. The molecule has 0 aliphatic carbocycles. The van der Waals surface area contributed by atoms with Crippen molar-refractivity contribution < 1.29 is 17.6 Å². The molecule has 0 radical (unpaired) electrons. The van der Waals surface area contributed by atoms with Crippen molar-refractivity contribution in [3.63, 3.8) is 0 Å². The summed E-state index contributed by atoms with van der Waals surface area (Å²) in [6.45, 7) is 0. The molecule has 0 aliphatic heterocycles. The topological polar surface area (TPSA) is 118 Å². The van der Waals surface area contributed by atoms with Crippen LogP contribution in [-0.2, 0) is 10.0 Å². The van der Waals surface area contributed by atoms with Crippen LogP contribution in [0.5, 0.6) is 0 Å². The molecule has 8 nitrogen and oxygen atoms in total. The first kappa shape index (κ1) is 23.1. The van der Waals surface area contributed by atoms with E-state index in [0.29, 0.717) is 16.5 Å². The highest BCUT2D eigenvalue weighted by Crippen LogP contribution is 2.30. The third kappa shape index (κ3) is 4.83. The first-order valence-electron chi connectivity index (χ1n) is 9.30. The lowest BCUT2D eigenvalue weighted by Crippen LogP contribution is -2.33. The highest BCUT2D eigenvalue weighted by Gasteiger charge is 2.20. The molecule has 2 aromatic carbocycles. The zero-order chi connectivity index (χ0) is 23.8. The Labute approximate surface area is 202 Å². The average molecular weight is 524 g/mol.